The highest BCUT2D eigenvalue weighted by molar-refractivity contribution is 6.16. The molecule has 0 unspecified atom stereocenters. The van der Waals surface area contributed by atoms with Crippen LogP contribution in [0, 0.1) is 22.1 Å². The first-order chi connectivity index (χ1) is 16.3. The number of alkyl halides is 3. The first-order valence-corrected chi connectivity index (χ1v) is 9.35. The van der Waals surface area contributed by atoms with E-state index in [1.807, 2.05) is 0 Å². The molecule has 2 rings (SSSR count). The molecule has 0 atom stereocenters. The molecule has 12 nitrogen and oxygen atoms in total. The molecule has 2 heterocycles. The molecule has 6 N–H and O–H groups in total. The van der Waals surface area contributed by atoms with Gasteiger partial charge in [0.2, 0.25) is 0 Å². The van der Waals surface area contributed by atoms with E-state index in [4.69, 9.17) is 10.8 Å². The first-order valence-electron chi connectivity index (χ1n) is 9.35. The summed E-state index contributed by atoms with van der Waals surface area (Å²) >= 11 is 0. The number of nitrogens with zero attached hydrogens (tertiary/aromatic N) is 5. The largest absolute Gasteiger partial charge is 0.432 e. The second kappa shape index (κ2) is 12.2. The summed E-state index contributed by atoms with van der Waals surface area (Å²) in [6, 6.07) is 1.80. The summed E-state index contributed by atoms with van der Waals surface area (Å²) in [5.41, 5.74) is -0.292. The predicted octanol–water partition coefficient (Wildman–Crippen LogP) is 0.630. The molecule has 0 fully saturated rings. The number of aliphatic imine (C=N–C) groups is 1. The quantitative estimate of drug-likeness (QED) is 0.252. The monoisotopic (exact) mass is 473 g/mol. The van der Waals surface area contributed by atoms with Crippen molar-refractivity contribution in [1.82, 2.24) is 21.4 Å². The Morgan fingerprint density at radius 2 is 2.03 bits per heavy atom. The second-order valence-electron chi connectivity index (χ2n) is 6.14. The van der Waals surface area contributed by atoms with Gasteiger partial charge in [0.05, 0.1) is 47.7 Å². The summed E-state index contributed by atoms with van der Waals surface area (Å²) in [6.45, 7) is 0.498. The van der Waals surface area contributed by atoms with Gasteiger partial charge in [-0.05, 0) is 12.2 Å². The van der Waals surface area contributed by atoms with Crippen LogP contribution >= 0.6 is 0 Å². The van der Waals surface area contributed by atoms with Gasteiger partial charge < -0.3 is 26.8 Å². The minimum Gasteiger partial charge on any atom is -0.380 e. The molecule has 0 aromatic heterocycles. The average Bonchev–Trinajstić information content (AvgIpc) is 2.84. The SMILES string of the molecule is N#CC1=C/N\N=C/C=N\N=C\C(NC(=O)/C(C=N)=C(/NC2=NCCN/C2=C\C=N)C(F)(F)F)=C/1. The Morgan fingerprint density at radius 3 is 2.71 bits per heavy atom. The zero-order chi connectivity index (χ0) is 25.0. The molecule has 2 aliphatic heterocycles. The minimum absolute atomic E-state index is 0.0422. The number of amidine groups is 1. The fourth-order valence-corrected chi connectivity index (χ4v) is 2.44. The summed E-state index contributed by atoms with van der Waals surface area (Å²) in [5.74, 6) is -1.56. The van der Waals surface area contributed by atoms with Gasteiger partial charge in [0.25, 0.3) is 5.91 Å². The maximum atomic E-state index is 13.9. The molecule has 34 heavy (non-hydrogen) atoms. The minimum atomic E-state index is -5.07. The number of halogens is 3. The molecule has 0 aromatic carbocycles. The first kappa shape index (κ1) is 25.4. The number of carbonyl (C=O) groups is 1. The van der Waals surface area contributed by atoms with Crippen molar-refractivity contribution in [1.29, 1.82) is 16.1 Å². The van der Waals surface area contributed by atoms with Crippen molar-refractivity contribution in [2.24, 2.45) is 20.3 Å². The number of amides is 1. The topological polar surface area (TPSA) is 186 Å². The van der Waals surface area contributed by atoms with Crippen molar-refractivity contribution in [2.75, 3.05) is 13.1 Å². The second-order valence-corrected chi connectivity index (χ2v) is 6.14. The molecule has 0 radical (unpaired) electrons. The summed E-state index contributed by atoms with van der Waals surface area (Å²) in [7, 11) is 0. The Hall–Kier alpha value is -4.87. The van der Waals surface area contributed by atoms with Crippen LogP contribution in [0.15, 0.2) is 66.9 Å². The molecule has 0 aliphatic carbocycles. The number of hydrogen-bond acceptors (Lipinski definition) is 11. The fraction of sp³-hybridized carbons (Fsp3) is 0.158. The summed E-state index contributed by atoms with van der Waals surface area (Å²) < 4.78 is 41.6. The Bertz CT molecular complexity index is 1120. The van der Waals surface area contributed by atoms with Gasteiger partial charge in [-0.1, -0.05) is 0 Å². The van der Waals surface area contributed by atoms with Gasteiger partial charge in [0.1, 0.15) is 17.6 Å². The van der Waals surface area contributed by atoms with E-state index in [1.165, 1.54) is 24.7 Å². The van der Waals surface area contributed by atoms with Gasteiger partial charge in [-0.2, -0.15) is 33.7 Å². The molecular formula is C19H18F3N11O. The number of hydrazone groups is 1. The third-order valence-electron chi connectivity index (χ3n) is 3.85. The molecular weight excluding hydrogens is 455 g/mol. The Morgan fingerprint density at radius 1 is 1.24 bits per heavy atom. The third-order valence-corrected chi connectivity index (χ3v) is 3.85. The predicted molar refractivity (Wildman–Crippen MR) is 121 cm³/mol. The van der Waals surface area contributed by atoms with Gasteiger partial charge in [-0.15, -0.1) is 0 Å². The lowest BCUT2D eigenvalue weighted by Crippen LogP contribution is -2.42. The summed E-state index contributed by atoms with van der Waals surface area (Å²) in [5, 5.41) is 41.7. The number of allylic oxidation sites excluding steroid dienone is 5. The van der Waals surface area contributed by atoms with Crippen LogP contribution in [-0.4, -0.2) is 62.1 Å². The lowest BCUT2D eigenvalue weighted by molar-refractivity contribution is -0.118. The van der Waals surface area contributed by atoms with Gasteiger partial charge in [0, 0.05) is 25.2 Å². The van der Waals surface area contributed by atoms with Crippen LogP contribution < -0.4 is 21.4 Å². The van der Waals surface area contributed by atoms with Crippen molar-refractivity contribution in [2.45, 2.75) is 6.18 Å². The van der Waals surface area contributed by atoms with Crippen molar-refractivity contribution in [3.05, 3.63) is 46.6 Å². The van der Waals surface area contributed by atoms with Crippen molar-refractivity contribution in [3.63, 3.8) is 0 Å². The van der Waals surface area contributed by atoms with Crippen LogP contribution in [-0.2, 0) is 4.79 Å². The lowest BCUT2D eigenvalue weighted by Gasteiger charge is -2.23. The molecule has 0 saturated carbocycles. The Kier molecular flexibility index (Phi) is 9.14. The summed E-state index contributed by atoms with van der Waals surface area (Å²) in [4.78, 5) is 16.7. The van der Waals surface area contributed by atoms with Gasteiger partial charge in [-0.25, -0.2) is 0 Å². The van der Waals surface area contributed by atoms with E-state index in [0.29, 0.717) is 6.54 Å². The van der Waals surface area contributed by atoms with E-state index in [1.54, 1.807) is 6.07 Å². The number of nitriles is 1. The normalized spacial score (nSPS) is 23.8. The molecule has 15 heteroatoms. The molecule has 176 valence electrons. The molecule has 1 amide bonds. The van der Waals surface area contributed by atoms with E-state index in [0.717, 1.165) is 18.5 Å². The Balaban J connectivity index is 2.47. The van der Waals surface area contributed by atoms with Crippen LogP contribution in [0.2, 0.25) is 0 Å². The van der Waals surface area contributed by atoms with Crippen LogP contribution in [0.5, 0.6) is 0 Å². The molecule has 0 saturated heterocycles. The maximum absolute atomic E-state index is 13.9. The van der Waals surface area contributed by atoms with Gasteiger partial charge in [0.15, 0.2) is 0 Å². The zero-order valence-corrected chi connectivity index (χ0v) is 17.3. The van der Waals surface area contributed by atoms with E-state index in [-0.39, 0.29) is 35.6 Å². The van der Waals surface area contributed by atoms with E-state index >= 15 is 0 Å². The number of hydrogen-bond donors (Lipinski definition) is 6. The molecule has 2 aliphatic rings. The van der Waals surface area contributed by atoms with Gasteiger partial charge >= 0.3 is 6.18 Å². The van der Waals surface area contributed by atoms with E-state index in [2.05, 4.69) is 41.7 Å². The van der Waals surface area contributed by atoms with Gasteiger partial charge in [-0.3, -0.25) is 15.2 Å². The third kappa shape index (κ3) is 7.37. The number of rotatable bonds is 5. The smallest absolute Gasteiger partial charge is 0.380 e. The van der Waals surface area contributed by atoms with E-state index in [9.17, 15) is 23.2 Å². The highest BCUT2D eigenvalue weighted by atomic mass is 19.4. The highest BCUT2D eigenvalue weighted by Crippen LogP contribution is 2.26. The van der Waals surface area contributed by atoms with Crippen LogP contribution in [0.3, 0.4) is 0 Å². The zero-order valence-electron chi connectivity index (χ0n) is 17.3. The summed E-state index contributed by atoms with van der Waals surface area (Å²) in [6.07, 6.45) is 2.93. The average molecular weight is 473 g/mol. The number of carbonyl (C=O) groups excluding carboxylic acids is 1. The standard InChI is InChI=1S/C19H18F3N11O/c20-19(21,22)16(33-17-15(1-2-23)26-3-4-27-17)14(9-25)18(34)32-13-7-12(8-24)10-30-28-5-6-29-31-11-13/h1-2,5-7,9-11,23,25-26,30H,3-4H2,(H,27,33)(H,32,34)/b12-10-,13-7+,15-1-,16-14+,23-2?,25-9?,28-5-,29-6-,31-11+. The van der Waals surface area contributed by atoms with Crippen LogP contribution in [0.25, 0.3) is 0 Å². The highest BCUT2D eigenvalue weighted by Gasteiger charge is 2.39. The van der Waals surface area contributed by atoms with Crippen LogP contribution in [0.4, 0.5) is 13.2 Å². The molecule has 0 bridgehead atoms. The van der Waals surface area contributed by atoms with Crippen LogP contribution in [0.1, 0.15) is 0 Å². The molecule has 0 spiro atoms. The number of nitrogens with one attached hydrogen (secondary N) is 6. The van der Waals surface area contributed by atoms with E-state index < -0.39 is 23.4 Å². The van der Waals surface area contributed by atoms with Crippen molar-refractivity contribution < 1.29 is 18.0 Å². The van der Waals surface area contributed by atoms with Crippen molar-refractivity contribution >= 4 is 42.8 Å². The fourth-order valence-electron chi connectivity index (χ4n) is 2.44. The van der Waals surface area contributed by atoms with Crippen molar-refractivity contribution in [3.8, 4) is 6.07 Å². The molecule has 0 aromatic rings. The Labute approximate surface area is 191 Å². The maximum Gasteiger partial charge on any atom is 0.432 e. The lowest BCUT2D eigenvalue weighted by atomic mass is 10.1.